The number of Topliss-reactive ketones (excluding diaryl/α,β-unsaturated/α-hetero) is 1. The number of benzene rings is 3. The lowest BCUT2D eigenvalue weighted by Crippen LogP contribution is -2.24. The molecule has 0 unspecified atom stereocenters. The van der Waals surface area contributed by atoms with Gasteiger partial charge in [0, 0.05) is 22.7 Å². The van der Waals surface area contributed by atoms with Crippen LogP contribution >= 0.6 is 0 Å². The van der Waals surface area contributed by atoms with Gasteiger partial charge in [-0.3, -0.25) is 4.79 Å². The minimum Gasteiger partial charge on any atom is -0.497 e. The van der Waals surface area contributed by atoms with E-state index in [1.807, 2.05) is 30.5 Å². The van der Waals surface area contributed by atoms with Crippen molar-refractivity contribution in [2.24, 2.45) is 5.92 Å². The van der Waals surface area contributed by atoms with Gasteiger partial charge in [0.05, 0.1) is 32.3 Å². The second-order valence-corrected chi connectivity index (χ2v) is 7.68. The van der Waals surface area contributed by atoms with Gasteiger partial charge >= 0.3 is 5.97 Å². The van der Waals surface area contributed by atoms with Crippen LogP contribution in [0.5, 0.6) is 11.5 Å². The van der Waals surface area contributed by atoms with E-state index in [0.29, 0.717) is 29.0 Å². The standard InChI is InChI=1S/C27H25NO5/c1-31-22-11-7-18(8-12-22)26(29)21(15-20-16-28-25-6-4-3-5-24(20)25)17-33-23-13-9-19(10-14-23)27(30)32-2/h3-14,16,21,28H,15,17H2,1-2H3/t21-/m0/s1. The van der Waals surface area contributed by atoms with Crippen molar-refractivity contribution in [1.29, 1.82) is 0 Å². The highest BCUT2D eigenvalue weighted by Gasteiger charge is 2.23. The summed E-state index contributed by atoms with van der Waals surface area (Å²) in [7, 11) is 2.93. The fourth-order valence-corrected chi connectivity index (χ4v) is 3.79. The minimum atomic E-state index is -0.409. The minimum absolute atomic E-state index is 0.00545. The highest BCUT2D eigenvalue weighted by atomic mass is 16.5. The summed E-state index contributed by atoms with van der Waals surface area (Å²) in [6, 6.07) is 21.8. The average molecular weight is 443 g/mol. The molecule has 1 heterocycles. The number of aromatic nitrogens is 1. The predicted molar refractivity (Wildman–Crippen MR) is 126 cm³/mol. The number of rotatable bonds is 9. The number of ether oxygens (including phenoxy) is 3. The van der Waals surface area contributed by atoms with E-state index in [4.69, 9.17) is 14.2 Å². The molecule has 4 rings (SSSR count). The van der Waals surface area contributed by atoms with Gasteiger partial charge in [0.2, 0.25) is 0 Å². The van der Waals surface area contributed by atoms with Crippen molar-refractivity contribution in [2.75, 3.05) is 20.8 Å². The van der Waals surface area contributed by atoms with Crippen LogP contribution in [0.15, 0.2) is 79.0 Å². The van der Waals surface area contributed by atoms with Crippen LogP contribution < -0.4 is 9.47 Å². The van der Waals surface area contributed by atoms with Gasteiger partial charge in [-0.2, -0.15) is 0 Å². The molecular weight excluding hydrogens is 418 g/mol. The lowest BCUT2D eigenvalue weighted by atomic mass is 9.91. The van der Waals surface area contributed by atoms with E-state index in [9.17, 15) is 9.59 Å². The second-order valence-electron chi connectivity index (χ2n) is 7.68. The van der Waals surface area contributed by atoms with E-state index in [2.05, 4.69) is 4.98 Å². The number of H-pyrrole nitrogens is 1. The van der Waals surface area contributed by atoms with Crippen molar-refractivity contribution in [3.8, 4) is 11.5 Å². The zero-order valence-corrected chi connectivity index (χ0v) is 18.5. The largest absolute Gasteiger partial charge is 0.497 e. The van der Waals surface area contributed by atoms with Crippen LogP contribution in [0.25, 0.3) is 10.9 Å². The van der Waals surface area contributed by atoms with Gasteiger partial charge in [-0.1, -0.05) is 18.2 Å². The van der Waals surface area contributed by atoms with E-state index in [-0.39, 0.29) is 12.4 Å². The molecule has 0 saturated carbocycles. The molecule has 0 radical (unpaired) electrons. The van der Waals surface area contributed by atoms with Crippen LogP contribution in [0.1, 0.15) is 26.3 Å². The number of methoxy groups -OCH3 is 2. The van der Waals surface area contributed by atoms with Crippen molar-refractivity contribution in [3.05, 3.63) is 95.7 Å². The zero-order chi connectivity index (χ0) is 23.2. The topological polar surface area (TPSA) is 77.6 Å². The number of ketones is 1. The van der Waals surface area contributed by atoms with Gasteiger partial charge in [0.1, 0.15) is 11.5 Å². The van der Waals surface area contributed by atoms with Crippen LogP contribution in [0, 0.1) is 5.92 Å². The number of nitrogens with one attached hydrogen (secondary N) is 1. The third-order valence-corrected chi connectivity index (χ3v) is 5.61. The van der Waals surface area contributed by atoms with Gasteiger partial charge in [-0.25, -0.2) is 4.79 Å². The number of esters is 1. The summed E-state index contributed by atoms with van der Waals surface area (Å²) < 4.78 is 15.9. The summed E-state index contributed by atoms with van der Waals surface area (Å²) in [6.07, 6.45) is 2.47. The van der Waals surface area contributed by atoms with E-state index < -0.39 is 11.9 Å². The molecule has 0 fully saturated rings. The van der Waals surface area contributed by atoms with Crippen molar-refractivity contribution in [3.63, 3.8) is 0 Å². The Labute approximate surface area is 192 Å². The second kappa shape index (κ2) is 10.0. The highest BCUT2D eigenvalue weighted by Crippen LogP contribution is 2.24. The van der Waals surface area contributed by atoms with Crippen LogP contribution in [0.3, 0.4) is 0 Å². The molecule has 0 aliphatic carbocycles. The monoisotopic (exact) mass is 443 g/mol. The van der Waals surface area contributed by atoms with Gasteiger partial charge in [-0.15, -0.1) is 0 Å². The Morgan fingerprint density at radius 3 is 2.21 bits per heavy atom. The molecule has 0 amide bonds. The molecule has 6 heteroatoms. The Kier molecular flexibility index (Phi) is 6.74. The van der Waals surface area contributed by atoms with Gasteiger partial charge in [-0.05, 0) is 66.6 Å². The van der Waals surface area contributed by atoms with Crippen molar-refractivity contribution < 1.29 is 23.8 Å². The molecule has 3 aromatic carbocycles. The molecule has 0 aliphatic rings. The highest BCUT2D eigenvalue weighted by molar-refractivity contribution is 5.98. The van der Waals surface area contributed by atoms with E-state index in [1.54, 1.807) is 55.6 Å². The fraction of sp³-hybridized carbons (Fsp3) is 0.185. The molecule has 0 spiro atoms. The number of fused-ring (bicyclic) bond motifs is 1. The zero-order valence-electron chi connectivity index (χ0n) is 18.5. The maximum Gasteiger partial charge on any atom is 0.337 e. The first-order valence-electron chi connectivity index (χ1n) is 10.6. The summed E-state index contributed by atoms with van der Waals surface area (Å²) in [5.74, 6) is 0.455. The van der Waals surface area contributed by atoms with Crippen LogP contribution in [-0.2, 0) is 11.2 Å². The average Bonchev–Trinajstić information content (AvgIpc) is 3.28. The number of carbonyl (C=O) groups excluding carboxylic acids is 2. The SMILES string of the molecule is COC(=O)c1ccc(OC[C@H](Cc2c[nH]c3ccccc23)C(=O)c2ccc(OC)cc2)cc1. The Morgan fingerprint density at radius 2 is 1.52 bits per heavy atom. The number of carbonyl (C=O) groups is 2. The summed E-state index contributed by atoms with van der Waals surface area (Å²) in [4.78, 5) is 28.3. The molecule has 0 aliphatic heterocycles. The number of para-hydroxylation sites is 1. The van der Waals surface area contributed by atoms with Crippen LogP contribution in [-0.4, -0.2) is 37.6 Å². The molecule has 33 heavy (non-hydrogen) atoms. The first-order chi connectivity index (χ1) is 16.1. The third kappa shape index (κ3) is 5.06. The summed E-state index contributed by atoms with van der Waals surface area (Å²) in [5.41, 5.74) is 3.13. The van der Waals surface area contributed by atoms with E-state index in [1.165, 1.54) is 7.11 Å². The third-order valence-electron chi connectivity index (χ3n) is 5.61. The predicted octanol–water partition coefficient (Wildman–Crippen LogP) is 5.08. The van der Waals surface area contributed by atoms with Crippen molar-refractivity contribution in [2.45, 2.75) is 6.42 Å². The smallest absolute Gasteiger partial charge is 0.337 e. The molecule has 168 valence electrons. The Morgan fingerprint density at radius 1 is 0.848 bits per heavy atom. The molecule has 1 atom stereocenters. The Hall–Kier alpha value is -4.06. The van der Waals surface area contributed by atoms with Crippen molar-refractivity contribution >= 4 is 22.7 Å². The Bertz CT molecular complexity index is 1240. The fourth-order valence-electron chi connectivity index (χ4n) is 3.79. The first kappa shape index (κ1) is 22.1. The normalized spacial score (nSPS) is 11.7. The number of hydrogen-bond acceptors (Lipinski definition) is 5. The summed E-state index contributed by atoms with van der Waals surface area (Å²) in [5, 5.41) is 1.09. The quantitative estimate of drug-likeness (QED) is 0.288. The molecule has 1 N–H and O–H groups in total. The maximum absolute atomic E-state index is 13.4. The van der Waals surface area contributed by atoms with E-state index >= 15 is 0 Å². The van der Waals surface area contributed by atoms with Gasteiger partial charge < -0.3 is 19.2 Å². The molecule has 0 bridgehead atoms. The Balaban J connectivity index is 1.56. The molecule has 1 aromatic heterocycles. The van der Waals surface area contributed by atoms with Gasteiger partial charge in [0.15, 0.2) is 5.78 Å². The molecular formula is C27H25NO5. The van der Waals surface area contributed by atoms with Gasteiger partial charge in [0.25, 0.3) is 0 Å². The molecule has 6 nitrogen and oxygen atoms in total. The van der Waals surface area contributed by atoms with Crippen LogP contribution in [0.4, 0.5) is 0 Å². The maximum atomic E-state index is 13.4. The first-order valence-corrected chi connectivity index (χ1v) is 10.6. The molecule has 4 aromatic rings. The number of aromatic amines is 1. The summed E-state index contributed by atoms with van der Waals surface area (Å²) in [6.45, 7) is 0.196. The molecule has 0 saturated heterocycles. The van der Waals surface area contributed by atoms with Crippen LogP contribution in [0.2, 0.25) is 0 Å². The number of hydrogen-bond donors (Lipinski definition) is 1. The lowest BCUT2D eigenvalue weighted by molar-refractivity contribution is 0.0600. The van der Waals surface area contributed by atoms with Crippen molar-refractivity contribution in [1.82, 2.24) is 4.98 Å². The lowest BCUT2D eigenvalue weighted by Gasteiger charge is -2.17. The van der Waals surface area contributed by atoms with E-state index in [0.717, 1.165) is 16.5 Å². The summed E-state index contributed by atoms with van der Waals surface area (Å²) >= 11 is 0.